The molecule has 7 nitrogen and oxygen atoms in total. The Bertz CT molecular complexity index is 991. The van der Waals surface area contributed by atoms with Crippen molar-refractivity contribution in [1.82, 2.24) is 20.0 Å². The molecule has 1 atom stereocenters. The van der Waals surface area contributed by atoms with E-state index in [4.69, 9.17) is 11.6 Å². The number of amides is 3. The van der Waals surface area contributed by atoms with Gasteiger partial charge in [-0.05, 0) is 42.7 Å². The molecule has 2 heterocycles. The number of rotatable bonds is 6. The SMILES string of the molecule is O=C(CN1CCN(C(=O)C2CCCN(C(=O)c3ccc(Cl)cc3)C2)CC1)NCc1ccccc1. The normalized spacial score (nSPS) is 19.0. The fourth-order valence-corrected chi connectivity index (χ4v) is 4.70. The van der Waals surface area contributed by atoms with Crippen LogP contribution in [0, 0.1) is 5.92 Å². The van der Waals surface area contributed by atoms with Crippen molar-refractivity contribution in [1.29, 1.82) is 0 Å². The monoisotopic (exact) mass is 482 g/mol. The maximum Gasteiger partial charge on any atom is 0.253 e. The minimum absolute atomic E-state index is 0.00716. The van der Waals surface area contributed by atoms with Crippen LogP contribution in [-0.4, -0.2) is 78.2 Å². The van der Waals surface area contributed by atoms with Crippen molar-refractivity contribution in [2.75, 3.05) is 45.8 Å². The number of hydrogen-bond donors (Lipinski definition) is 1. The van der Waals surface area contributed by atoms with Gasteiger partial charge in [-0.15, -0.1) is 0 Å². The van der Waals surface area contributed by atoms with E-state index in [1.54, 1.807) is 29.2 Å². The average molecular weight is 483 g/mol. The van der Waals surface area contributed by atoms with Crippen LogP contribution in [0.4, 0.5) is 0 Å². The second-order valence-electron chi connectivity index (χ2n) is 8.96. The lowest BCUT2D eigenvalue weighted by Crippen LogP contribution is -2.54. The number of likely N-dealkylation sites (tertiary alicyclic amines) is 1. The van der Waals surface area contributed by atoms with E-state index in [0.29, 0.717) is 62.9 Å². The summed E-state index contributed by atoms with van der Waals surface area (Å²) >= 11 is 5.93. The summed E-state index contributed by atoms with van der Waals surface area (Å²) in [5, 5.41) is 3.55. The number of hydrogen-bond acceptors (Lipinski definition) is 4. The molecule has 0 aromatic heterocycles. The van der Waals surface area contributed by atoms with Crippen LogP contribution >= 0.6 is 11.6 Å². The van der Waals surface area contributed by atoms with Crippen molar-refractivity contribution in [2.45, 2.75) is 19.4 Å². The zero-order chi connectivity index (χ0) is 23.9. The molecule has 180 valence electrons. The first-order valence-corrected chi connectivity index (χ1v) is 12.2. The van der Waals surface area contributed by atoms with Crippen LogP contribution in [0.1, 0.15) is 28.8 Å². The van der Waals surface area contributed by atoms with E-state index in [9.17, 15) is 14.4 Å². The highest BCUT2D eigenvalue weighted by molar-refractivity contribution is 6.30. The molecule has 2 aliphatic rings. The Labute approximate surface area is 205 Å². The molecule has 4 rings (SSSR count). The third kappa shape index (κ3) is 6.36. The van der Waals surface area contributed by atoms with Crippen molar-refractivity contribution in [3.05, 3.63) is 70.7 Å². The van der Waals surface area contributed by atoms with Gasteiger partial charge in [0.05, 0.1) is 12.5 Å². The fourth-order valence-electron chi connectivity index (χ4n) is 4.58. The first kappa shape index (κ1) is 24.2. The third-order valence-electron chi connectivity index (χ3n) is 6.53. The topological polar surface area (TPSA) is 73.0 Å². The summed E-state index contributed by atoms with van der Waals surface area (Å²) in [4.78, 5) is 44.1. The highest BCUT2D eigenvalue weighted by atomic mass is 35.5. The van der Waals surface area contributed by atoms with Crippen LogP contribution < -0.4 is 5.32 Å². The van der Waals surface area contributed by atoms with Crippen LogP contribution in [0.25, 0.3) is 0 Å². The zero-order valence-corrected chi connectivity index (χ0v) is 20.0. The van der Waals surface area contributed by atoms with E-state index in [-0.39, 0.29) is 23.6 Å². The van der Waals surface area contributed by atoms with Crippen LogP contribution in [0.5, 0.6) is 0 Å². The zero-order valence-electron chi connectivity index (χ0n) is 19.3. The average Bonchev–Trinajstić information content (AvgIpc) is 2.88. The minimum Gasteiger partial charge on any atom is -0.351 e. The molecular formula is C26H31ClN4O3. The van der Waals surface area contributed by atoms with E-state index in [2.05, 4.69) is 10.2 Å². The molecule has 2 aliphatic heterocycles. The summed E-state index contributed by atoms with van der Waals surface area (Å²) in [5.41, 5.74) is 1.67. The molecule has 34 heavy (non-hydrogen) atoms. The number of benzene rings is 2. The molecule has 0 radical (unpaired) electrons. The molecule has 0 bridgehead atoms. The van der Waals surface area contributed by atoms with Gasteiger partial charge < -0.3 is 15.1 Å². The van der Waals surface area contributed by atoms with Gasteiger partial charge in [-0.3, -0.25) is 19.3 Å². The van der Waals surface area contributed by atoms with Gasteiger partial charge in [0, 0.05) is 56.4 Å². The summed E-state index contributed by atoms with van der Waals surface area (Å²) in [6.07, 6.45) is 1.61. The Morgan fingerprint density at radius 1 is 0.882 bits per heavy atom. The third-order valence-corrected chi connectivity index (χ3v) is 6.78. The number of piperidine rings is 1. The minimum atomic E-state index is -0.175. The largest absolute Gasteiger partial charge is 0.351 e. The number of halogens is 1. The van der Waals surface area contributed by atoms with Crippen molar-refractivity contribution >= 4 is 29.3 Å². The van der Waals surface area contributed by atoms with E-state index < -0.39 is 0 Å². The van der Waals surface area contributed by atoms with Gasteiger partial charge in [-0.25, -0.2) is 0 Å². The summed E-state index contributed by atoms with van der Waals surface area (Å²) in [5.74, 6) is -0.125. The summed E-state index contributed by atoms with van der Waals surface area (Å²) in [6.45, 7) is 4.51. The Balaban J connectivity index is 1.22. The maximum absolute atomic E-state index is 13.2. The van der Waals surface area contributed by atoms with Gasteiger partial charge in [-0.2, -0.15) is 0 Å². The first-order valence-electron chi connectivity index (χ1n) is 11.9. The van der Waals surface area contributed by atoms with Crippen molar-refractivity contribution in [3.8, 4) is 0 Å². The van der Waals surface area contributed by atoms with Crippen LogP contribution in [0.3, 0.4) is 0 Å². The summed E-state index contributed by atoms with van der Waals surface area (Å²) < 4.78 is 0. The molecule has 0 aliphatic carbocycles. The van der Waals surface area contributed by atoms with E-state index in [1.165, 1.54) is 0 Å². The predicted octanol–water partition coefficient (Wildman–Crippen LogP) is 2.65. The highest BCUT2D eigenvalue weighted by Gasteiger charge is 2.33. The van der Waals surface area contributed by atoms with Crippen LogP contribution in [0.15, 0.2) is 54.6 Å². The molecular weight excluding hydrogens is 452 g/mol. The predicted molar refractivity (Wildman–Crippen MR) is 131 cm³/mol. The van der Waals surface area contributed by atoms with E-state index in [0.717, 1.165) is 18.4 Å². The molecule has 2 fully saturated rings. The first-order chi connectivity index (χ1) is 16.5. The van der Waals surface area contributed by atoms with Crippen molar-refractivity contribution in [3.63, 3.8) is 0 Å². The number of carbonyl (C=O) groups is 3. The highest BCUT2D eigenvalue weighted by Crippen LogP contribution is 2.22. The Hall–Kier alpha value is -2.90. The number of nitrogens with one attached hydrogen (secondary N) is 1. The van der Waals surface area contributed by atoms with Gasteiger partial charge in [0.25, 0.3) is 5.91 Å². The Morgan fingerprint density at radius 2 is 1.59 bits per heavy atom. The number of carbonyl (C=O) groups excluding carboxylic acids is 3. The molecule has 2 aromatic rings. The molecule has 2 aromatic carbocycles. The molecule has 3 amide bonds. The fraction of sp³-hybridized carbons (Fsp3) is 0.423. The lowest BCUT2D eigenvalue weighted by atomic mass is 9.95. The number of piperazine rings is 1. The molecule has 1 N–H and O–H groups in total. The van der Waals surface area contributed by atoms with Gasteiger partial charge in [0.1, 0.15) is 0 Å². The van der Waals surface area contributed by atoms with Gasteiger partial charge >= 0.3 is 0 Å². The Kier molecular flexibility index (Phi) is 8.19. The second kappa shape index (κ2) is 11.5. The summed E-state index contributed by atoms with van der Waals surface area (Å²) in [7, 11) is 0. The van der Waals surface area contributed by atoms with Crippen LogP contribution in [0.2, 0.25) is 5.02 Å². The summed E-state index contributed by atoms with van der Waals surface area (Å²) in [6, 6.07) is 16.7. The van der Waals surface area contributed by atoms with Crippen molar-refractivity contribution in [2.24, 2.45) is 5.92 Å². The molecule has 8 heteroatoms. The standard InChI is InChI=1S/C26H31ClN4O3/c27-23-10-8-21(9-11-23)25(33)31-12-4-7-22(18-31)26(34)30-15-13-29(14-16-30)19-24(32)28-17-20-5-2-1-3-6-20/h1-3,5-6,8-11,22H,4,7,12-19H2,(H,28,32). The quantitative estimate of drug-likeness (QED) is 0.687. The maximum atomic E-state index is 13.2. The molecule has 0 saturated carbocycles. The van der Waals surface area contributed by atoms with Gasteiger partial charge in [-0.1, -0.05) is 41.9 Å². The van der Waals surface area contributed by atoms with Gasteiger partial charge in [0.2, 0.25) is 11.8 Å². The molecule has 0 spiro atoms. The second-order valence-corrected chi connectivity index (χ2v) is 9.40. The van der Waals surface area contributed by atoms with Crippen LogP contribution in [-0.2, 0) is 16.1 Å². The molecule has 1 unspecified atom stereocenters. The lowest BCUT2D eigenvalue weighted by Gasteiger charge is -2.38. The van der Waals surface area contributed by atoms with E-state index in [1.807, 2.05) is 35.2 Å². The number of nitrogens with zero attached hydrogens (tertiary/aromatic N) is 3. The molecule has 2 saturated heterocycles. The Morgan fingerprint density at radius 3 is 2.29 bits per heavy atom. The van der Waals surface area contributed by atoms with Crippen molar-refractivity contribution < 1.29 is 14.4 Å². The van der Waals surface area contributed by atoms with Gasteiger partial charge in [0.15, 0.2) is 0 Å². The lowest BCUT2D eigenvalue weighted by molar-refractivity contribution is -0.138. The van der Waals surface area contributed by atoms with E-state index >= 15 is 0 Å². The smallest absolute Gasteiger partial charge is 0.253 e.